The molecule has 1 N–H and O–H groups in total. The highest BCUT2D eigenvalue weighted by Gasteiger charge is 1.95. The molecule has 1 radical (unpaired) electrons. The van der Waals surface area contributed by atoms with Crippen LogP contribution in [0.1, 0.15) is 5.56 Å². The first-order valence-corrected chi connectivity index (χ1v) is 6.21. The molecule has 0 fully saturated rings. The van der Waals surface area contributed by atoms with E-state index in [1.807, 2.05) is 56.0 Å². The van der Waals surface area contributed by atoms with Gasteiger partial charge in [0.2, 0.25) is 0 Å². The van der Waals surface area contributed by atoms with Crippen molar-refractivity contribution >= 4 is 13.2 Å². The van der Waals surface area contributed by atoms with E-state index in [0.29, 0.717) is 6.61 Å². The van der Waals surface area contributed by atoms with Gasteiger partial charge in [-0.3, -0.25) is 0 Å². The van der Waals surface area contributed by atoms with Crippen molar-refractivity contribution in [3.8, 4) is 0 Å². The van der Waals surface area contributed by atoms with Crippen molar-refractivity contribution in [3.05, 3.63) is 66.2 Å². The third-order valence-electron chi connectivity index (χ3n) is 2.60. The monoisotopic (exact) mass is 238 g/mol. The normalized spacial score (nSPS) is 10.0. The Morgan fingerprint density at radius 1 is 0.889 bits per heavy atom. The van der Waals surface area contributed by atoms with Gasteiger partial charge in [0, 0.05) is 18.8 Å². The molecular weight excluding hydrogens is 221 g/mol. The summed E-state index contributed by atoms with van der Waals surface area (Å²) in [4.78, 5) is 0. The zero-order valence-electron chi connectivity index (χ0n) is 10.4. The summed E-state index contributed by atoms with van der Waals surface area (Å²) in [5.41, 5.74) is 2.40. The average molecular weight is 238 g/mol. The molecule has 2 aromatic carbocycles. The zero-order valence-corrected chi connectivity index (χ0v) is 10.4. The van der Waals surface area contributed by atoms with Gasteiger partial charge in [0.25, 0.3) is 7.48 Å². The number of benzene rings is 2. The number of hydrogen-bond donors (Lipinski definition) is 1. The molecule has 91 valence electrons. The fourth-order valence-corrected chi connectivity index (χ4v) is 1.66. The highest BCUT2D eigenvalue weighted by atomic mass is 16.4. The van der Waals surface area contributed by atoms with Crippen LogP contribution in [0.15, 0.2) is 60.7 Å². The Morgan fingerprint density at radius 3 is 2.28 bits per heavy atom. The summed E-state index contributed by atoms with van der Waals surface area (Å²) in [7, 11) is 1.86. The molecule has 0 bridgehead atoms. The van der Waals surface area contributed by atoms with Crippen molar-refractivity contribution in [3.63, 3.8) is 0 Å². The summed E-state index contributed by atoms with van der Waals surface area (Å²) in [5.74, 6) is 0. The maximum atomic E-state index is 5.47. The van der Waals surface area contributed by atoms with Crippen LogP contribution in [0.4, 0.5) is 5.69 Å². The Labute approximate surface area is 109 Å². The lowest BCUT2D eigenvalue weighted by Gasteiger charge is -2.06. The molecule has 2 aromatic rings. The maximum absolute atomic E-state index is 5.47. The second-order valence-electron chi connectivity index (χ2n) is 4.02. The first-order chi connectivity index (χ1) is 8.95. The van der Waals surface area contributed by atoms with E-state index in [0.717, 1.165) is 18.6 Å². The van der Waals surface area contributed by atoms with Gasteiger partial charge < -0.3 is 9.97 Å². The molecule has 0 aromatic heterocycles. The van der Waals surface area contributed by atoms with Crippen LogP contribution in [0, 0.1) is 0 Å². The molecule has 2 nitrogen and oxygen atoms in total. The van der Waals surface area contributed by atoms with E-state index < -0.39 is 0 Å². The highest BCUT2D eigenvalue weighted by molar-refractivity contribution is 6.26. The van der Waals surface area contributed by atoms with Crippen LogP contribution in [0.2, 0.25) is 0 Å². The van der Waals surface area contributed by atoms with Gasteiger partial charge in [-0.15, -0.1) is 0 Å². The molecule has 0 saturated carbocycles. The first-order valence-electron chi connectivity index (χ1n) is 6.21. The SMILES string of the molecule is [B](Cc1ccccc1)OCCNc1ccccc1. The van der Waals surface area contributed by atoms with Crippen molar-refractivity contribution in [2.45, 2.75) is 6.32 Å². The summed E-state index contributed by atoms with van der Waals surface area (Å²) in [6.07, 6.45) is 0.853. The van der Waals surface area contributed by atoms with E-state index in [9.17, 15) is 0 Å². The van der Waals surface area contributed by atoms with Gasteiger partial charge in [0.05, 0.1) is 0 Å². The van der Waals surface area contributed by atoms with E-state index in [2.05, 4.69) is 17.4 Å². The second-order valence-corrected chi connectivity index (χ2v) is 4.02. The molecule has 0 unspecified atom stereocenters. The van der Waals surface area contributed by atoms with Crippen LogP contribution in [-0.2, 0) is 11.0 Å². The summed E-state index contributed by atoms with van der Waals surface area (Å²) >= 11 is 0. The summed E-state index contributed by atoms with van der Waals surface area (Å²) in [6.45, 7) is 1.50. The first kappa shape index (κ1) is 12.7. The van der Waals surface area contributed by atoms with E-state index in [1.54, 1.807) is 0 Å². The van der Waals surface area contributed by atoms with Gasteiger partial charge in [-0.25, -0.2) is 0 Å². The van der Waals surface area contributed by atoms with Crippen molar-refractivity contribution in [2.75, 3.05) is 18.5 Å². The van der Waals surface area contributed by atoms with Gasteiger partial charge in [0.15, 0.2) is 0 Å². The van der Waals surface area contributed by atoms with Crippen molar-refractivity contribution < 1.29 is 4.65 Å². The fourth-order valence-electron chi connectivity index (χ4n) is 1.66. The van der Waals surface area contributed by atoms with Crippen LogP contribution in [0.3, 0.4) is 0 Å². The minimum absolute atomic E-state index is 0.682. The number of para-hydroxylation sites is 1. The predicted molar refractivity (Wildman–Crippen MR) is 76.8 cm³/mol. The van der Waals surface area contributed by atoms with Gasteiger partial charge in [0.1, 0.15) is 0 Å². The molecule has 0 aliphatic heterocycles. The lowest BCUT2D eigenvalue weighted by Crippen LogP contribution is -2.12. The van der Waals surface area contributed by atoms with Crippen molar-refractivity contribution in [1.29, 1.82) is 0 Å². The number of anilines is 1. The van der Waals surface area contributed by atoms with E-state index in [-0.39, 0.29) is 0 Å². The minimum Gasteiger partial charge on any atom is -0.438 e. The molecule has 0 amide bonds. The molecule has 0 aliphatic carbocycles. The highest BCUT2D eigenvalue weighted by Crippen LogP contribution is 2.03. The molecule has 0 atom stereocenters. The Hall–Kier alpha value is -1.74. The zero-order chi connectivity index (χ0) is 12.5. The molecule has 0 aliphatic rings. The molecular formula is C15H17BNO. The molecule has 0 saturated heterocycles. The van der Waals surface area contributed by atoms with Crippen LogP contribution < -0.4 is 5.32 Å². The number of nitrogens with one attached hydrogen (secondary N) is 1. The minimum atomic E-state index is 0.682. The predicted octanol–water partition coefficient (Wildman–Crippen LogP) is 2.93. The Bertz CT molecular complexity index is 389. The Balaban J connectivity index is 1.54. The molecule has 18 heavy (non-hydrogen) atoms. The topological polar surface area (TPSA) is 21.3 Å². The second kappa shape index (κ2) is 7.56. The van der Waals surface area contributed by atoms with Gasteiger partial charge in [-0.2, -0.15) is 0 Å². The summed E-state index contributed by atoms with van der Waals surface area (Å²) < 4.78 is 5.47. The van der Waals surface area contributed by atoms with E-state index in [1.165, 1.54) is 5.56 Å². The molecule has 3 heteroatoms. The Morgan fingerprint density at radius 2 is 1.56 bits per heavy atom. The van der Waals surface area contributed by atoms with Crippen LogP contribution >= 0.6 is 0 Å². The largest absolute Gasteiger partial charge is 0.438 e. The quantitative estimate of drug-likeness (QED) is 0.591. The third-order valence-corrected chi connectivity index (χ3v) is 2.60. The van der Waals surface area contributed by atoms with E-state index >= 15 is 0 Å². The maximum Gasteiger partial charge on any atom is 0.297 e. The number of hydrogen-bond acceptors (Lipinski definition) is 2. The lowest BCUT2D eigenvalue weighted by molar-refractivity contribution is 0.351. The fraction of sp³-hybridized carbons (Fsp3) is 0.200. The van der Waals surface area contributed by atoms with Crippen LogP contribution in [-0.4, -0.2) is 20.6 Å². The molecule has 2 rings (SSSR count). The lowest BCUT2D eigenvalue weighted by atomic mass is 9.89. The van der Waals surface area contributed by atoms with Gasteiger partial charge in [-0.1, -0.05) is 54.1 Å². The number of rotatable bonds is 7. The smallest absolute Gasteiger partial charge is 0.297 e. The van der Waals surface area contributed by atoms with Crippen LogP contribution in [0.5, 0.6) is 0 Å². The van der Waals surface area contributed by atoms with E-state index in [4.69, 9.17) is 4.65 Å². The molecule has 0 heterocycles. The average Bonchev–Trinajstić information content (AvgIpc) is 2.45. The van der Waals surface area contributed by atoms with Crippen molar-refractivity contribution in [2.24, 2.45) is 0 Å². The molecule has 0 spiro atoms. The van der Waals surface area contributed by atoms with Gasteiger partial charge >= 0.3 is 0 Å². The standard InChI is InChI=1S/C15H17BNO/c1-3-7-14(8-4-1)13-16-18-12-11-17-15-9-5-2-6-10-15/h1-10,17H,11-13H2. The van der Waals surface area contributed by atoms with Gasteiger partial charge in [-0.05, 0) is 18.5 Å². The van der Waals surface area contributed by atoms with Crippen LogP contribution in [0.25, 0.3) is 0 Å². The van der Waals surface area contributed by atoms with Crippen molar-refractivity contribution in [1.82, 2.24) is 0 Å². The Kier molecular flexibility index (Phi) is 5.34. The summed E-state index contributed by atoms with van der Waals surface area (Å²) in [5, 5.41) is 3.30. The summed E-state index contributed by atoms with van der Waals surface area (Å²) in [6, 6.07) is 20.4. The third kappa shape index (κ3) is 4.64.